The summed E-state index contributed by atoms with van der Waals surface area (Å²) >= 11 is 0. The van der Waals surface area contributed by atoms with E-state index >= 15 is 0 Å². The molecule has 1 aliphatic rings. The molecule has 0 spiro atoms. The van der Waals surface area contributed by atoms with Crippen molar-refractivity contribution in [2.45, 2.75) is 38.9 Å². The molecule has 1 N–H and O–H groups in total. The monoisotopic (exact) mass is 305 g/mol. The highest BCUT2D eigenvalue weighted by Gasteiger charge is 2.53. The SMILES string of the molecule is CC1(C)OB(C(F)=Cc2c[nH]c3ccc(F)cc23)OC1(C)C. The molecule has 6 heteroatoms. The Morgan fingerprint density at radius 2 is 1.82 bits per heavy atom. The summed E-state index contributed by atoms with van der Waals surface area (Å²) in [6.07, 6.45) is 2.95. The van der Waals surface area contributed by atoms with E-state index in [2.05, 4.69) is 4.98 Å². The summed E-state index contributed by atoms with van der Waals surface area (Å²) < 4.78 is 39.2. The van der Waals surface area contributed by atoms with Gasteiger partial charge in [0.15, 0.2) is 0 Å². The third kappa shape index (κ3) is 2.46. The normalized spacial score (nSPS) is 20.8. The molecular formula is C16H18BF2NO2. The zero-order valence-electron chi connectivity index (χ0n) is 13.0. The molecule has 116 valence electrons. The van der Waals surface area contributed by atoms with E-state index in [1.165, 1.54) is 18.2 Å². The lowest BCUT2D eigenvalue weighted by Crippen LogP contribution is -2.41. The Morgan fingerprint density at radius 1 is 1.18 bits per heavy atom. The maximum Gasteiger partial charge on any atom is 0.525 e. The minimum atomic E-state index is -1.05. The van der Waals surface area contributed by atoms with Crippen LogP contribution in [0.4, 0.5) is 8.78 Å². The Kier molecular flexibility index (Phi) is 3.42. The maximum atomic E-state index is 14.5. The first-order chi connectivity index (χ1) is 10.2. The van der Waals surface area contributed by atoms with Crippen LogP contribution in [0.1, 0.15) is 33.3 Å². The Bertz CT molecular complexity index is 736. The number of hydrogen-bond acceptors (Lipinski definition) is 2. The zero-order valence-corrected chi connectivity index (χ0v) is 13.0. The quantitative estimate of drug-likeness (QED) is 0.842. The molecule has 3 nitrogen and oxygen atoms in total. The summed E-state index contributed by atoms with van der Waals surface area (Å²) in [6, 6.07) is 4.35. The van der Waals surface area contributed by atoms with Crippen molar-refractivity contribution in [2.24, 2.45) is 0 Å². The number of H-pyrrole nitrogens is 1. The average Bonchev–Trinajstić information content (AvgIpc) is 2.89. The highest BCUT2D eigenvalue weighted by molar-refractivity contribution is 6.54. The lowest BCUT2D eigenvalue weighted by atomic mass is 9.87. The topological polar surface area (TPSA) is 34.2 Å². The van der Waals surface area contributed by atoms with Gasteiger partial charge in [-0.1, -0.05) is 0 Å². The second kappa shape index (κ2) is 4.93. The third-order valence-electron chi connectivity index (χ3n) is 4.45. The van der Waals surface area contributed by atoms with Gasteiger partial charge in [-0.2, -0.15) is 0 Å². The Hall–Kier alpha value is -1.66. The third-order valence-corrected chi connectivity index (χ3v) is 4.45. The van der Waals surface area contributed by atoms with E-state index in [9.17, 15) is 8.78 Å². The molecule has 3 rings (SSSR count). The van der Waals surface area contributed by atoms with E-state index in [0.717, 1.165) is 5.52 Å². The van der Waals surface area contributed by atoms with Gasteiger partial charge in [0.1, 0.15) is 11.5 Å². The predicted octanol–water partition coefficient (Wildman–Crippen LogP) is 4.25. The van der Waals surface area contributed by atoms with E-state index in [0.29, 0.717) is 10.9 Å². The van der Waals surface area contributed by atoms with Crippen molar-refractivity contribution in [2.75, 3.05) is 0 Å². The number of aromatic nitrogens is 1. The average molecular weight is 305 g/mol. The number of rotatable bonds is 2. The van der Waals surface area contributed by atoms with Crippen LogP contribution < -0.4 is 0 Å². The molecule has 0 unspecified atom stereocenters. The van der Waals surface area contributed by atoms with Gasteiger partial charge in [0.2, 0.25) is 0 Å². The summed E-state index contributed by atoms with van der Waals surface area (Å²) in [4.78, 5) is 2.98. The molecule has 1 saturated heterocycles. The molecule has 0 radical (unpaired) electrons. The fourth-order valence-corrected chi connectivity index (χ4v) is 2.41. The van der Waals surface area contributed by atoms with Crippen LogP contribution in [0, 0.1) is 5.82 Å². The molecule has 1 aromatic heterocycles. The fraction of sp³-hybridized carbons (Fsp3) is 0.375. The van der Waals surface area contributed by atoms with E-state index < -0.39 is 24.0 Å². The van der Waals surface area contributed by atoms with Crippen LogP contribution in [-0.4, -0.2) is 23.3 Å². The van der Waals surface area contributed by atoms with Crippen molar-refractivity contribution >= 4 is 24.1 Å². The van der Waals surface area contributed by atoms with Gasteiger partial charge < -0.3 is 14.3 Å². The number of hydrogen-bond donors (Lipinski definition) is 1. The Balaban J connectivity index is 1.93. The fourth-order valence-electron chi connectivity index (χ4n) is 2.41. The molecule has 0 aliphatic carbocycles. The number of benzene rings is 1. The van der Waals surface area contributed by atoms with Crippen LogP contribution in [0.15, 0.2) is 30.1 Å². The molecule has 2 heterocycles. The first-order valence-corrected chi connectivity index (χ1v) is 7.19. The summed E-state index contributed by atoms with van der Waals surface area (Å²) in [5, 5.41) is 0.617. The van der Waals surface area contributed by atoms with Crippen molar-refractivity contribution in [1.82, 2.24) is 4.98 Å². The lowest BCUT2D eigenvalue weighted by molar-refractivity contribution is 0.00578. The summed E-state index contributed by atoms with van der Waals surface area (Å²) in [5.74, 6) is -0.363. The smallest absolute Gasteiger partial charge is 0.398 e. The van der Waals surface area contributed by atoms with Crippen LogP contribution in [0.5, 0.6) is 0 Å². The van der Waals surface area contributed by atoms with Crippen LogP contribution in [-0.2, 0) is 9.31 Å². The van der Waals surface area contributed by atoms with Crippen LogP contribution in [0.25, 0.3) is 17.0 Å². The first kappa shape index (κ1) is 15.2. The van der Waals surface area contributed by atoms with Gasteiger partial charge in [-0.05, 0) is 52.0 Å². The number of fused-ring (bicyclic) bond motifs is 1. The van der Waals surface area contributed by atoms with Crippen LogP contribution >= 0.6 is 0 Å². The van der Waals surface area contributed by atoms with Gasteiger partial charge in [0, 0.05) is 22.7 Å². The second-order valence-electron chi connectivity index (χ2n) is 6.55. The zero-order chi connectivity index (χ0) is 16.1. The minimum Gasteiger partial charge on any atom is -0.398 e. The molecule has 1 aromatic carbocycles. The van der Waals surface area contributed by atoms with Crippen LogP contribution in [0.2, 0.25) is 0 Å². The summed E-state index contributed by atoms with van der Waals surface area (Å²) in [7, 11) is -1.05. The van der Waals surface area contributed by atoms with E-state index in [-0.39, 0.29) is 5.82 Å². The van der Waals surface area contributed by atoms with Gasteiger partial charge in [-0.25, -0.2) is 8.78 Å². The van der Waals surface area contributed by atoms with Gasteiger partial charge in [0.25, 0.3) is 0 Å². The highest BCUT2D eigenvalue weighted by Crippen LogP contribution is 2.39. The van der Waals surface area contributed by atoms with Crippen molar-refractivity contribution in [3.63, 3.8) is 0 Å². The van der Waals surface area contributed by atoms with Gasteiger partial charge in [-0.3, -0.25) is 0 Å². The van der Waals surface area contributed by atoms with Crippen molar-refractivity contribution in [1.29, 1.82) is 0 Å². The maximum absolute atomic E-state index is 14.5. The van der Waals surface area contributed by atoms with Crippen molar-refractivity contribution in [3.05, 3.63) is 41.5 Å². The lowest BCUT2D eigenvalue weighted by Gasteiger charge is -2.32. The number of halogens is 2. The minimum absolute atomic E-state index is 0.363. The van der Waals surface area contributed by atoms with Crippen LogP contribution in [0.3, 0.4) is 0 Å². The standard InChI is InChI=1S/C16H18BF2NO2/c1-15(2)16(3,4)22-17(21-15)14(19)7-10-9-20-13-6-5-11(18)8-12(10)13/h5-9,20H,1-4H3. The first-order valence-electron chi connectivity index (χ1n) is 7.19. The molecule has 0 atom stereocenters. The molecule has 1 fully saturated rings. The van der Waals surface area contributed by atoms with Crippen molar-refractivity contribution in [3.8, 4) is 0 Å². The molecule has 0 saturated carbocycles. The second-order valence-corrected chi connectivity index (χ2v) is 6.55. The largest absolute Gasteiger partial charge is 0.525 e. The number of nitrogens with one attached hydrogen (secondary N) is 1. The summed E-state index contributed by atoms with van der Waals surface area (Å²) in [6.45, 7) is 7.45. The van der Waals surface area contributed by atoms with Gasteiger partial charge >= 0.3 is 7.12 Å². The highest BCUT2D eigenvalue weighted by atomic mass is 19.1. The van der Waals surface area contributed by atoms with Gasteiger partial charge in [0.05, 0.1) is 11.2 Å². The molecular weight excluding hydrogens is 287 g/mol. The Labute approximate surface area is 128 Å². The van der Waals surface area contributed by atoms with E-state index in [4.69, 9.17) is 9.31 Å². The van der Waals surface area contributed by atoms with Crippen molar-refractivity contribution < 1.29 is 18.1 Å². The molecule has 22 heavy (non-hydrogen) atoms. The van der Waals surface area contributed by atoms with E-state index in [1.54, 1.807) is 12.3 Å². The molecule has 2 aromatic rings. The predicted molar refractivity (Wildman–Crippen MR) is 83.4 cm³/mol. The molecule has 1 aliphatic heterocycles. The van der Waals surface area contributed by atoms with Gasteiger partial charge in [-0.15, -0.1) is 0 Å². The number of aromatic amines is 1. The van der Waals surface area contributed by atoms with E-state index in [1.807, 2.05) is 27.7 Å². The Morgan fingerprint density at radius 3 is 2.45 bits per heavy atom. The molecule has 0 amide bonds. The summed E-state index contributed by atoms with van der Waals surface area (Å²) in [5.41, 5.74) is -0.440. The molecule has 0 bridgehead atoms.